The number of nitrogens with one attached hydrogen (secondary N) is 2. The van der Waals surface area contributed by atoms with E-state index in [1.54, 1.807) is 24.3 Å². The summed E-state index contributed by atoms with van der Waals surface area (Å²) < 4.78 is 5.13. The number of halogens is 1. The lowest BCUT2D eigenvalue weighted by atomic mass is 10.0. The number of carbonyl (C=O) groups is 1. The van der Waals surface area contributed by atoms with Gasteiger partial charge in [-0.15, -0.1) is 0 Å². The SMILES string of the molecule is CC(C)C[C@H](CN[C@H]1CCOC1O)NC(=O)c1ccc(Cl)cc1. The molecule has 1 fully saturated rings. The van der Waals surface area contributed by atoms with Gasteiger partial charge in [0.2, 0.25) is 0 Å². The lowest BCUT2D eigenvalue weighted by Crippen LogP contribution is -2.47. The van der Waals surface area contributed by atoms with Crippen LogP contribution in [-0.4, -0.2) is 42.5 Å². The Morgan fingerprint density at radius 3 is 2.65 bits per heavy atom. The first-order chi connectivity index (χ1) is 11.0. The Bertz CT molecular complexity index is 507. The zero-order chi connectivity index (χ0) is 16.8. The van der Waals surface area contributed by atoms with Crippen LogP contribution in [0.5, 0.6) is 0 Å². The van der Waals surface area contributed by atoms with E-state index in [2.05, 4.69) is 24.5 Å². The molecule has 1 heterocycles. The number of benzene rings is 1. The summed E-state index contributed by atoms with van der Waals surface area (Å²) in [7, 11) is 0. The molecule has 2 rings (SSSR count). The average molecular weight is 341 g/mol. The number of amides is 1. The Morgan fingerprint density at radius 1 is 1.39 bits per heavy atom. The topological polar surface area (TPSA) is 70.6 Å². The summed E-state index contributed by atoms with van der Waals surface area (Å²) >= 11 is 5.85. The molecule has 0 saturated carbocycles. The Hall–Kier alpha value is -1.14. The zero-order valence-electron chi connectivity index (χ0n) is 13.6. The molecule has 6 heteroatoms. The molecule has 0 spiro atoms. The molecule has 1 aliphatic heterocycles. The number of hydrogen-bond acceptors (Lipinski definition) is 4. The van der Waals surface area contributed by atoms with E-state index in [9.17, 15) is 9.90 Å². The van der Waals surface area contributed by atoms with Gasteiger partial charge in [0, 0.05) is 23.2 Å². The molecule has 0 radical (unpaired) electrons. The Kier molecular flexibility index (Phi) is 6.84. The second kappa shape index (κ2) is 8.64. The van der Waals surface area contributed by atoms with Crippen molar-refractivity contribution >= 4 is 17.5 Å². The average Bonchev–Trinajstić information content (AvgIpc) is 2.90. The van der Waals surface area contributed by atoms with Crippen LogP contribution >= 0.6 is 11.6 Å². The van der Waals surface area contributed by atoms with Crippen LogP contribution in [0.4, 0.5) is 0 Å². The molecule has 5 nitrogen and oxygen atoms in total. The minimum atomic E-state index is -0.762. The first-order valence-electron chi connectivity index (χ1n) is 8.05. The molecule has 3 atom stereocenters. The van der Waals surface area contributed by atoms with Crippen LogP contribution in [0.15, 0.2) is 24.3 Å². The van der Waals surface area contributed by atoms with Crippen LogP contribution in [0, 0.1) is 5.92 Å². The van der Waals surface area contributed by atoms with Gasteiger partial charge in [0.25, 0.3) is 5.91 Å². The highest BCUT2D eigenvalue weighted by Gasteiger charge is 2.26. The summed E-state index contributed by atoms with van der Waals surface area (Å²) in [4.78, 5) is 12.4. The molecular formula is C17H25ClN2O3. The van der Waals surface area contributed by atoms with Gasteiger partial charge in [-0.25, -0.2) is 0 Å². The maximum atomic E-state index is 12.4. The van der Waals surface area contributed by atoms with Gasteiger partial charge >= 0.3 is 0 Å². The van der Waals surface area contributed by atoms with Crippen LogP contribution in [0.25, 0.3) is 0 Å². The maximum Gasteiger partial charge on any atom is 0.251 e. The lowest BCUT2D eigenvalue weighted by molar-refractivity contribution is -0.0718. The lowest BCUT2D eigenvalue weighted by Gasteiger charge is -2.24. The number of rotatable bonds is 7. The Balaban J connectivity index is 1.91. The van der Waals surface area contributed by atoms with Gasteiger partial charge in [-0.1, -0.05) is 25.4 Å². The maximum absolute atomic E-state index is 12.4. The molecule has 1 aliphatic rings. The zero-order valence-corrected chi connectivity index (χ0v) is 14.3. The monoisotopic (exact) mass is 340 g/mol. The number of aliphatic hydroxyl groups is 1. The number of aliphatic hydroxyl groups excluding tert-OH is 1. The third-order valence-electron chi connectivity index (χ3n) is 3.89. The van der Waals surface area contributed by atoms with Crippen molar-refractivity contribution in [1.82, 2.24) is 10.6 Å². The van der Waals surface area contributed by atoms with Crippen molar-refractivity contribution in [3.63, 3.8) is 0 Å². The summed E-state index contributed by atoms with van der Waals surface area (Å²) in [6, 6.07) is 6.76. The fraction of sp³-hybridized carbons (Fsp3) is 0.588. The molecule has 0 aliphatic carbocycles. The highest BCUT2D eigenvalue weighted by molar-refractivity contribution is 6.30. The van der Waals surface area contributed by atoms with Gasteiger partial charge in [0.1, 0.15) is 0 Å². The molecule has 1 aromatic carbocycles. The summed E-state index contributed by atoms with van der Waals surface area (Å²) in [6.07, 6.45) is 0.873. The molecule has 0 aromatic heterocycles. The van der Waals surface area contributed by atoms with Crippen LogP contribution in [0.1, 0.15) is 37.0 Å². The summed E-state index contributed by atoms with van der Waals surface area (Å²) in [5, 5.41) is 16.6. The summed E-state index contributed by atoms with van der Waals surface area (Å²) in [5.74, 6) is 0.342. The number of carbonyl (C=O) groups excluding carboxylic acids is 1. The fourth-order valence-corrected chi connectivity index (χ4v) is 2.83. The van der Waals surface area contributed by atoms with Crippen molar-refractivity contribution in [3.05, 3.63) is 34.9 Å². The van der Waals surface area contributed by atoms with E-state index in [4.69, 9.17) is 16.3 Å². The van der Waals surface area contributed by atoms with Gasteiger partial charge in [-0.05, 0) is 43.0 Å². The quantitative estimate of drug-likeness (QED) is 0.711. The highest BCUT2D eigenvalue weighted by atomic mass is 35.5. The summed E-state index contributed by atoms with van der Waals surface area (Å²) in [5.41, 5.74) is 0.590. The number of ether oxygens (including phenoxy) is 1. The minimum Gasteiger partial charge on any atom is -0.367 e. The molecule has 1 amide bonds. The van der Waals surface area contributed by atoms with Gasteiger partial charge in [-0.3, -0.25) is 4.79 Å². The van der Waals surface area contributed by atoms with Crippen LogP contribution in [0.3, 0.4) is 0 Å². The smallest absolute Gasteiger partial charge is 0.251 e. The van der Waals surface area contributed by atoms with Crippen molar-refractivity contribution in [2.75, 3.05) is 13.2 Å². The van der Waals surface area contributed by atoms with Gasteiger partial charge in [-0.2, -0.15) is 0 Å². The molecule has 1 aromatic rings. The Morgan fingerprint density at radius 2 is 2.09 bits per heavy atom. The van der Waals surface area contributed by atoms with E-state index in [1.807, 2.05) is 0 Å². The first kappa shape index (κ1) is 18.2. The van der Waals surface area contributed by atoms with Crippen molar-refractivity contribution in [3.8, 4) is 0 Å². The normalized spacial score (nSPS) is 22.3. The number of hydrogen-bond donors (Lipinski definition) is 3. The first-order valence-corrected chi connectivity index (χ1v) is 8.43. The molecule has 1 unspecified atom stereocenters. The largest absolute Gasteiger partial charge is 0.367 e. The van der Waals surface area contributed by atoms with E-state index >= 15 is 0 Å². The summed E-state index contributed by atoms with van der Waals surface area (Å²) in [6.45, 7) is 5.40. The van der Waals surface area contributed by atoms with Crippen molar-refractivity contribution in [1.29, 1.82) is 0 Å². The third kappa shape index (κ3) is 5.77. The van der Waals surface area contributed by atoms with Crippen LogP contribution in [0.2, 0.25) is 5.02 Å². The predicted octanol–water partition coefficient (Wildman–Crippen LogP) is 2.18. The van der Waals surface area contributed by atoms with E-state index in [1.165, 1.54) is 0 Å². The second-order valence-corrected chi connectivity index (χ2v) is 6.81. The molecule has 0 bridgehead atoms. The van der Waals surface area contributed by atoms with Crippen LogP contribution in [-0.2, 0) is 4.74 Å². The van der Waals surface area contributed by atoms with E-state index in [0.29, 0.717) is 29.7 Å². The van der Waals surface area contributed by atoms with Crippen molar-refractivity contribution in [2.24, 2.45) is 5.92 Å². The van der Waals surface area contributed by atoms with Crippen LogP contribution < -0.4 is 10.6 Å². The molecule has 128 valence electrons. The molecular weight excluding hydrogens is 316 g/mol. The van der Waals surface area contributed by atoms with Gasteiger partial charge in [0.05, 0.1) is 12.6 Å². The van der Waals surface area contributed by atoms with Crippen molar-refractivity contribution < 1.29 is 14.6 Å². The molecule has 23 heavy (non-hydrogen) atoms. The highest BCUT2D eigenvalue weighted by Crippen LogP contribution is 2.13. The standard InChI is InChI=1S/C17H25ClN2O3/c1-11(2)9-14(10-19-15-7-8-23-17(15)22)20-16(21)12-3-5-13(18)6-4-12/h3-6,11,14-15,17,19,22H,7-10H2,1-2H3,(H,20,21)/t14-,15+,17?/m1/s1. The van der Waals surface area contributed by atoms with Crippen molar-refractivity contribution in [2.45, 2.75) is 45.1 Å². The fourth-order valence-electron chi connectivity index (χ4n) is 2.70. The molecule has 3 N–H and O–H groups in total. The van der Waals surface area contributed by atoms with E-state index in [-0.39, 0.29) is 18.0 Å². The third-order valence-corrected chi connectivity index (χ3v) is 4.14. The van der Waals surface area contributed by atoms with Gasteiger partial charge in [0.15, 0.2) is 6.29 Å². The second-order valence-electron chi connectivity index (χ2n) is 6.37. The molecule has 1 saturated heterocycles. The van der Waals surface area contributed by atoms with Gasteiger partial charge < -0.3 is 20.5 Å². The predicted molar refractivity (Wildman–Crippen MR) is 90.5 cm³/mol. The van der Waals surface area contributed by atoms with E-state index in [0.717, 1.165) is 12.8 Å². The minimum absolute atomic E-state index is 0.00835. The Labute approximate surface area is 142 Å². The van der Waals surface area contributed by atoms with E-state index < -0.39 is 6.29 Å².